The Kier molecular flexibility index (Phi) is 9.17. The highest BCUT2D eigenvalue weighted by Gasteiger charge is 2.18. The first kappa shape index (κ1) is 38.5. The highest BCUT2D eigenvalue weighted by molar-refractivity contribution is 6.11. The third-order valence-corrected chi connectivity index (χ3v) is 13.4. The predicted octanol–water partition coefficient (Wildman–Crippen LogP) is 18.0. The van der Waals surface area contributed by atoms with Gasteiger partial charge in [0, 0.05) is 49.7 Å². The van der Waals surface area contributed by atoms with Gasteiger partial charge in [0.2, 0.25) is 0 Å². The van der Waals surface area contributed by atoms with Gasteiger partial charge in [-0.25, -0.2) is 0 Å². The molecule has 0 amide bonds. The molecule has 3 heteroatoms. The molecule has 0 N–H and O–H groups in total. The number of para-hydroxylation sites is 5. The van der Waals surface area contributed by atoms with Gasteiger partial charge < -0.3 is 13.9 Å². The lowest BCUT2D eigenvalue weighted by Crippen LogP contribution is -2.09. The predicted molar refractivity (Wildman–Crippen MR) is 282 cm³/mol. The minimum absolute atomic E-state index is 0.907. The van der Waals surface area contributed by atoms with Gasteiger partial charge >= 0.3 is 0 Å². The monoisotopic (exact) mass is 854 g/mol. The quantitative estimate of drug-likeness (QED) is 0.152. The molecule has 0 radical (unpaired) electrons. The summed E-state index contributed by atoms with van der Waals surface area (Å²) in [5.41, 5.74) is 17.9. The van der Waals surface area contributed by atoms with Crippen LogP contribution in [0.25, 0.3) is 105 Å². The molecule has 0 spiro atoms. The molecule has 13 aromatic rings. The van der Waals surface area contributed by atoms with Crippen molar-refractivity contribution < 1.29 is 4.42 Å². The molecule has 13 rings (SSSR count). The fourth-order valence-corrected chi connectivity index (χ4v) is 10.2. The lowest BCUT2D eigenvalue weighted by atomic mass is 9.97. The molecular formula is C64H42N2O. The van der Waals surface area contributed by atoms with Crippen molar-refractivity contribution in [2.75, 3.05) is 4.90 Å². The van der Waals surface area contributed by atoms with Crippen LogP contribution in [-0.2, 0) is 0 Å². The van der Waals surface area contributed by atoms with E-state index in [1.54, 1.807) is 0 Å². The van der Waals surface area contributed by atoms with Gasteiger partial charge in [-0.2, -0.15) is 0 Å². The summed E-state index contributed by atoms with van der Waals surface area (Å²) in [5.74, 6) is 0. The minimum Gasteiger partial charge on any atom is -0.455 e. The van der Waals surface area contributed by atoms with E-state index < -0.39 is 0 Å². The first-order valence-corrected chi connectivity index (χ1v) is 22.9. The molecular weight excluding hydrogens is 813 g/mol. The van der Waals surface area contributed by atoms with E-state index in [1.165, 1.54) is 49.3 Å². The number of rotatable bonds is 8. The van der Waals surface area contributed by atoms with Crippen LogP contribution in [0.4, 0.5) is 17.1 Å². The summed E-state index contributed by atoms with van der Waals surface area (Å²) in [7, 11) is 0. The Morgan fingerprint density at radius 3 is 1.48 bits per heavy atom. The molecule has 3 nitrogen and oxygen atoms in total. The molecule has 2 heterocycles. The van der Waals surface area contributed by atoms with Gasteiger partial charge in [-0.1, -0.05) is 182 Å². The zero-order valence-electron chi connectivity index (χ0n) is 36.6. The fourth-order valence-electron chi connectivity index (χ4n) is 10.2. The second-order valence-electron chi connectivity index (χ2n) is 17.3. The Hall–Kier alpha value is -8.92. The molecule has 314 valence electrons. The second-order valence-corrected chi connectivity index (χ2v) is 17.3. The fraction of sp³-hybridized carbons (Fsp3) is 0. The Bertz CT molecular complexity index is 3930. The van der Waals surface area contributed by atoms with Crippen LogP contribution in [0.5, 0.6) is 0 Å². The van der Waals surface area contributed by atoms with Crippen molar-refractivity contribution in [3.05, 3.63) is 255 Å². The van der Waals surface area contributed by atoms with Gasteiger partial charge in [-0.05, 0) is 117 Å². The SMILES string of the molecule is c1cc(-c2ccc(N(c3ccc(-c4cccc(-c5cccc6c5oc5ccccc56)c4)cc3)c3ccc4ccccc4c3)cc2)cc(-c2ccccc2-n2c3ccccc3c3ccccc32)c1. The first-order chi connectivity index (χ1) is 33.2. The van der Waals surface area contributed by atoms with Gasteiger partial charge in [-0.15, -0.1) is 0 Å². The van der Waals surface area contributed by atoms with E-state index in [9.17, 15) is 0 Å². The number of benzene rings is 11. The number of aromatic nitrogens is 1. The molecule has 11 aromatic carbocycles. The van der Waals surface area contributed by atoms with Gasteiger partial charge in [0.25, 0.3) is 0 Å². The van der Waals surface area contributed by atoms with Gasteiger partial charge in [0.1, 0.15) is 11.2 Å². The number of hydrogen-bond acceptors (Lipinski definition) is 2. The molecule has 0 saturated carbocycles. The minimum atomic E-state index is 0.907. The molecule has 0 atom stereocenters. The van der Waals surface area contributed by atoms with Crippen LogP contribution < -0.4 is 4.90 Å². The first-order valence-electron chi connectivity index (χ1n) is 22.9. The Labute approximate surface area is 388 Å². The van der Waals surface area contributed by atoms with Crippen LogP contribution >= 0.6 is 0 Å². The largest absolute Gasteiger partial charge is 0.455 e. The van der Waals surface area contributed by atoms with Gasteiger partial charge in [0.15, 0.2) is 0 Å². The van der Waals surface area contributed by atoms with E-state index in [1.807, 2.05) is 12.1 Å². The molecule has 0 aliphatic rings. The summed E-state index contributed by atoms with van der Waals surface area (Å²) in [6.45, 7) is 0. The summed E-state index contributed by atoms with van der Waals surface area (Å²) in [6, 6.07) is 91.9. The average Bonchev–Trinajstić information content (AvgIpc) is 3.95. The molecule has 0 aliphatic heterocycles. The van der Waals surface area contributed by atoms with E-state index in [0.717, 1.165) is 72.5 Å². The Morgan fingerprint density at radius 1 is 0.299 bits per heavy atom. The Morgan fingerprint density at radius 2 is 0.791 bits per heavy atom. The van der Waals surface area contributed by atoms with Crippen molar-refractivity contribution in [2.24, 2.45) is 0 Å². The number of nitrogens with zero attached hydrogens (tertiary/aromatic N) is 2. The van der Waals surface area contributed by atoms with E-state index in [2.05, 4.69) is 252 Å². The van der Waals surface area contributed by atoms with Crippen LogP contribution in [0.15, 0.2) is 259 Å². The normalized spacial score (nSPS) is 11.6. The van der Waals surface area contributed by atoms with E-state index in [-0.39, 0.29) is 0 Å². The summed E-state index contributed by atoms with van der Waals surface area (Å²) in [6.07, 6.45) is 0. The summed E-state index contributed by atoms with van der Waals surface area (Å²) < 4.78 is 8.84. The van der Waals surface area contributed by atoms with Crippen molar-refractivity contribution in [3.63, 3.8) is 0 Å². The highest BCUT2D eigenvalue weighted by Crippen LogP contribution is 2.41. The molecule has 2 aromatic heterocycles. The number of hydrogen-bond donors (Lipinski definition) is 0. The molecule has 0 fully saturated rings. The molecule has 0 unspecified atom stereocenters. The third kappa shape index (κ3) is 6.67. The number of furan rings is 1. The van der Waals surface area contributed by atoms with Crippen LogP contribution in [0.2, 0.25) is 0 Å². The van der Waals surface area contributed by atoms with Crippen LogP contribution in [-0.4, -0.2) is 4.57 Å². The molecule has 0 bridgehead atoms. The third-order valence-electron chi connectivity index (χ3n) is 13.4. The van der Waals surface area contributed by atoms with E-state index >= 15 is 0 Å². The van der Waals surface area contributed by atoms with Gasteiger partial charge in [0.05, 0.1) is 16.7 Å². The maximum atomic E-state index is 6.43. The molecule has 0 aliphatic carbocycles. The van der Waals surface area contributed by atoms with Crippen molar-refractivity contribution in [2.45, 2.75) is 0 Å². The number of anilines is 3. The lowest BCUT2D eigenvalue weighted by Gasteiger charge is -2.26. The van der Waals surface area contributed by atoms with Crippen molar-refractivity contribution in [1.82, 2.24) is 4.57 Å². The van der Waals surface area contributed by atoms with E-state index in [0.29, 0.717) is 0 Å². The summed E-state index contributed by atoms with van der Waals surface area (Å²) >= 11 is 0. The maximum Gasteiger partial charge on any atom is 0.143 e. The topological polar surface area (TPSA) is 21.3 Å². The molecule has 67 heavy (non-hydrogen) atoms. The highest BCUT2D eigenvalue weighted by atomic mass is 16.3. The van der Waals surface area contributed by atoms with Crippen molar-refractivity contribution in [3.8, 4) is 50.2 Å². The average molecular weight is 855 g/mol. The Balaban J connectivity index is 0.851. The van der Waals surface area contributed by atoms with Crippen LogP contribution in [0.1, 0.15) is 0 Å². The van der Waals surface area contributed by atoms with Crippen LogP contribution in [0, 0.1) is 0 Å². The second kappa shape index (κ2) is 16.0. The number of fused-ring (bicyclic) bond motifs is 7. The zero-order chi connectivity index (χ0) is 44.3. The van der Waals surface area contributed by atoms with Crippen LogP contribution in [0.3, 0.4) is 0 Å². The van der Waals surface area contributed by atoms with Gasteiger partial charge in [-0.3, -0.25) is 0 Å². The lowest BCUT2D eigenvalue weighted by molar-refractivity contribution is 0.670. The smallest absolute Gasteiger partial charge is 0.143 e. The molecule has 0 saturated heterocycles. The van der Waals surface area contributed by atoms with Crippen molar-refractivity contribution in [1.29, 1.82) is 0 Å². The van der Waals surface area contributed by atoms with E-state index in [4.69, 9.17) is 4.42 Å². The zero-order valence-corrected chi connectivity index (χ0v) is 36.6. The maximum absolute atomic E-state index is 6.43. The summed E-state index contributed by atoms with van der Waals surface area (Å²) in [4.78, 5) is 2.36. The standard InChI is InChI=1S/C64H42N2O/c1-2-15-48-42-53(39-34-43(48)14-1)65(52-37-32-45(33-38-52)47-17-12-19-50(41-47)55-24-13-25-59-58-23-6-10-29-63(58)67-64(55)59)51-35-30-44(31-36-51)46-16-11-18-49(40-46)54-20-3-7-26-60(54)66-61-27-8-4-21-56(61)57-22-5-9-28-62(57)66/h1-42H. The van der Waals surface area contributed by atoms with Crippen molar-refractivity contribution >= 4 is 71.6 Å². The summed E-state index contributed by atoms with van der Waals surface area (Å²) in [5, 5.41) is 7.21.